The quantitative estimate of drug-likeness (QED) is 0.716. The Morgan fingerprint density at radius 3 is 2.68 bits per heavy atom. The lowest BCUT2D eigenvalue weighted by Gasteiger charge is -2.23. The zero-order chi connectivity index (χ0) is 14.2. The zero-order valence-electron chi connectivity index (χ0n) is 11.1. The molecule has 1 aromatic carbocycles. The number of ether oxygens (including phenoxy) is 1. The smallest absolute Gasteiger partial charge is 0.417 e. The number of carbonyl (C=O) groups excluding carboxylic acids is 2. The monoisotopic (exact) mass is 258 g/mol. The van der Waals surface area contributed by atoms with Crippen LogP contribution >= 0.6 is 0 Å². The molecule has 0 saturated carbocycles. The fraction of sp³-hybridized carbons (Fsp3) is 0.357. The van der Waals surface area contributed by atoms with Crippen LogP contribution in [0.5, 0.6) is 0 Å². The summed E-state index contributed by atoms with van der Waals surface area (Å²) in [7, 11) is 0. The SMILES string of the molecule is CC(C)(C)OC(=O)N1Cc2cc(C#N)ccc2C1=O. The molecule has 0 spiro atoms. The Labute approximate surface area is 111 Å². The lowest BCUT2D eigenvalue weighted by Crippen LogP contribution is -2.36. The van der Waals surface area contributed by atoms with Crippen molar-refractivity contribution in [1.82, 2.24) is 4.90 Å². The van der Waals surface area contributed by atoms with Gasteiger partial charge < -0.3 is 4.74 Å². The van der Waals surface area contributed by atoms with Gasteiger partial charge >= 0.3 is 6.09 Å². The second-order valence-electron chi connectivity index (χ2n) is 5.36. The summed E-state index contributed by atoms with van der Waals surface area (Å²) < 4.78 is 5.18. The maximum atomic E-state index is 12.1. The van der Waals surface area contributed by atoms with Gasteiger partial charge in [-0.15, -0.1) is 0 Å². The fourth-order valence-electron chi connectivity index (χ4n) is 1.85. The molecule has 5 heteroatoms. The number of nitriles is 1. The highest BCUT2D eigenvalue weighted by atomic mass is 16.6. The number of fused-ring (bicyclic) bond motifs is 1. The van der Waals surface area contributed by atoms with Gasteiger partial charge in [-0.3, -0.25) is 4.79 Å². The summed E-state index contributed by atoms with van der Waals surface area (Å²) in [6.45, 7) is 5.38. The van der Waals surface area contributed by atoms with Crippen LogP contribution in [0.15, 0.2) is 18.2 Å². The summed E-state index contributed by atoms with van der Waals surface area (Å²) in [5, 5.41) is 8.82. The molecule has 5 nitrogen and oxygen atoms in total. The molecule has 2 amide bonds. The largest absolute Gasteiger partial charge is 0.443 e. The van der Waals surface area contributed by atoms with E-state index in [-0.39, 0.29) is 12.5 Å². The van der Waals surface area contributed by atoms with Gasteiger partial charge in [-0.1, -0.05) is 0 Å². The molecule has 1 heterocycles. The van der Waals surface area contributed by atoms with Gasteiger partial charge in [0.05, 0.1) is 18.2 Å². The van der Waals surface area contributed by atoms with Crippen LogP contribution in [-0.2, 0) is 11.3 Å². The average molecular weight is 258 g/mol. The first-order valence-electron chi connectivity index (χ1n) is 5.90. The van der Waals surface area contributed by atoms with Gasteiger partial charge in [0.15, 0.2) is 0 Å². The second-order valence-corrected chi connectivity index (χ2v) is 5.36. The zero-order valence-corrected chi connectivity index (χ0v) is 11.1. The molecule has 0 atom stereocenters. The average Bonchev–Trinajstić information content (AvgIpc) is 2.64. The first-order valence-corrected chi connectivity index (χ1v) is 5.90. The minimum absolute atomic E-state index is 0.151. The second kappa shape index (κ2) is 4.39. The van der Waals surface area contributed by atoms with Crippen molar-refractivity contribution in [3.05, 3.63) is 34.9 Å². The normalized spacial score (nSPS) is 14.0. The first-order chi connectivity index (χ1) is 8.81. The summed E-state index contributed by atoms with van der Waals surface area (Å²) in [5.41, 5.74) is 0.946. The maximum Gasteiger partial charge on any atom is 0.417 e. The highest BCUT2D eigenvalue weighted by Gasteiger charge is 2.34. The van der Waals surface area contributed by atoms with Crippen molar-refractivity contribution in [1.29, 1.82) is 5.26 Å². The molecule has 0 saturated heterocycles. The Hall–Kier alpha value is -2.35. The van der Waals surface area contributed by atoms with Crippen LogP contribution < -0.4 is 0 Å². The molecular weight excluding hydrogens is 244 g/mol. The van der Waals surface area contributed by atoms with Gasteiger partial charge in [0.25, 0.3) is 5.91 Å². The number of nitrogens with zero attached hydrogens (tertiary/aromatic N) is 2. The molecule has 2 rings (SSSR count). The Balaban J connectivity index is 2.24. The Bertz CT molecular complexity index is 594. The third-order valence-corrected chi connectivity index (χ3v) is 2.65. The molecule has 1 aliphatic rings. The van der Waals surface area contributed by atoms with Crippen LogP contribution in [0, 0.1) is 11.3 Å². The number of carbonyl (C=O) groups is 2. The summed E-state index contributed by atoms with van der Waals surface area (Å²) in [6.07, 6.45) is -0.660. The molecule has 0 aliphatic carbocycles. The Kier molecular flexibility index (Phi) is 3.03. The van der Waals surface area contributed by atoms with Gasteiger partial charge in [0.2, 0.25) is 0 Å². The number of rotatable bonds is 0. The topological polar surface area (TPSA) is 70.4 Å². The molecule has 1 aliphatic heterocycles. The van der Waals surface area contributed by atoms with Crippen molar-refractivity contribution in [2.24, 2.45) is 0 Å². The van der Waals surface area contributed by atoms with Crippen molar-refractivity contribution in [2.45, 2.75) is 32.9 Å². The van der Waals surface area contributed by atoms with Crippen molar-refractivity contribution in [3.63, 3.8) is 0 Å². The van der Waals surface area contributed by atoms with Crippen LogP contribution in [-0.4, -0.2) is 22.5 Å². The van der Waals surface area contributed by atoms with Crippen molar-refractivity contribution in [2.75, 3.05) is 0 Å². The molecule has 0 fully saturated rings. The van der Waals surface area contributed by atoms with Crippen molar-refractivity contribution < 1.29 is 14.3 Å². The van der Waals surface area contributed by atoms with Crippen LogP contribution in [0.2, 0.25) is 0 Å². The lowest BCUT2D eigenvalue weighted by atomic mass is 10.1. The molecule has 0 bridgehead atoms. The fourth-order valence-corrected chi connectivity index (χ4v) is 1.85. The van der Waals surface area contributed by atoms with Gasteiger partial charge in [-0.2, -0.15) is 5.26 Å². The van der Waals surface area contributed by atoms with E-state index in [1.807, 2.05) is 6.07 Å². The minimum atomic E-state index is -0.660. The van der Waals surface area contributed by atoms with E-state index in [9.17, 15) is 9.59 Å². The van der Waals surface area contributed by atoms with E-state index >= 15 is 0 Å². The predicted molar refractivity (Wildman–Crippen MR) is 67.3 cm³/mol. The third kappa shape index (κ3) is 2.58. The van der Waals surface area contributed by atoms with Gasteiger partial charge in [-0.25, -0.2) is 9.69 Å². The molecule has 0 aromatic heterocycles. The van der Waals surface area contributed by atoms with Crippen LogP contribution in [0.3, 0.4) is 0 Å². The van der Waals surface area contributed by atoms with E-state index in [1.165, 1.54) is 0 Å². The van der Waals surface area contributed by atoms with Gasteiger partial charge in [0, 0.05) is 5.56 Å². The molecule has 19 heavy (non-hydrogen) atoms. The molecular formula is C14H14N2O3. The summed E-state index contributed by atoms with van der Waals surface area (Å²) in [6, 6.07) is 6.77. The first kappa shape index (κ1) is 13.1. The summed E-state index contributed by atoms with van der Waals surface area (Å²) in [5.74, 6) is -0.381. The van der Waals surface area contributed by atoms with E-state index in [0.717, 1.165) is 4.90 Å². The van der Waals surface area contributed by atoms with E-state index in [2.05, 4.69) is 0 Å². The third-order valence-electron chi connectivity index (χ3n) is 2.65. The molecule has 1 aromatic rings. The molecule has 0 N–H and O–H groups in total. The van der Waals surface area contributed by atoms with E-state index in [1.54, 1.807) is 39.0 Å². The van der Waals surface area contributed by atoms with Crippen LogP contribution in [0.4, 0.5) is 4.79 Å². The van der Waals surface area contributed by atoms with Crippen LogP contribution in [0.1, 0.15) is 42.3 Å². The molecule has 98 valence electrons. The Morgan fingerprint density at radius 1 is 1.42 bits per heavy atom. The van der Waals surface area contributed by atoms with E-state index in [4.69, 9.17) is 10.00 Å². The van der Waals surface area contributed by atoms with Crippen molar-refractivity contribution >= 4 is 12.0 Å². The maximum absolute atomic E-state index is 12.1. The number of amides is 2. The molecule has 0 unspecified atom stereocenters. The minimum Gasteiger partial charge on any atom is -0.443 e. The number of hydrogen-bond donors (Lipinski definition) is 0. The number of hydrogen-bond acceptors (Lipinski definition) is 4. The van der Waals surface area contributed by atoms with Gasteiger partial charge in [-0.05, 0) is 44.5 Å². The highest BCUT2D eigenvalue weighted by Crippen LogP contribution is 2.25. The number of imide groups is 1. The Morgan fingerprint density at radius 2 is 2.11 bits per heavy atom. The predicted octanol–water partition coefficient (Wildman–Crippen LogP) is 2.45. The van der Waals surface area contributed by atoms with Crippen molar-refractivity contribution in [3.8, 4) is 6.07 Å². The summed E-state index contributed by atoms with van der Waals surface area (Å²) in [4.78, 5) is 25.0. The highest BCUT2D eigenvalue weighted by molar-refractivity contribution is 6.06. The lowest BCUT2D eigenvalue weighted by molar-refractivity contribution is 0.0248. The van der Waals surface area contributed by atoms with Crippen LogP contribution in [0.25, 0.3) is 0 Å². The standard InChI is InChI=1S/C14H14N2O3/c1-14(2,3)19-13(18)16-8-10-6-9(7-15)4-5-11(10)12(16)17/h4-6H,8H2,1-3H3. The van der Waals surface area contributed by atoms with E-state index in [0.29, 0.717) is 16.7 Å². The van der Waals surface area contributed by atoms with Gasteiger partial charge in [0.1, 0.15) is 5.60 Å². The van der Waals surface area contributed by atoms with E-state index < -0.39 is 11.7 Å². The summed E-state index contributed by atoms with van der Waals surface area (Å²) >= 11 is 0. The molecule has 0 radical (unpaired) electrons. The number of benzene rings is 1.